The minimum atomic E-state index is 0.209. The van der Waals surface area contributed by atoms with Crippen LogP contribution in [0.15, 0.2) is 89.6 Å². The van der Waals surface area contributed by atoms with Crippen LogP contribution in [-0.2, 0) is 19.6 Å². The number of aromatic hydroxyl groups is 1. The summed E-state index contributed by atoms with van der Waals surface area (Å²) >= 11 is 2.08. The zero-order chi connectivity index (χ0) is 31.1. The Morgan fingerprint density at radius 3 is 2.23 bits per heavy atom. The van der Waals surface area contributed by atoms with E-state index in [1.807, 2.05) is 12.1 Å². The minimum absolute atomic E-state index is 0.209. The summed E-state index contributed by atoms with van der Waals surface area (Å²) in [5, 5.41) is 18.5. The van der Waals surface area contributed by atoms with Crippen molar-refractivity contribution in [2.45, 2.75) is 71.8 Å². The van der Waals surface area contributed by atoms with Crippen molar-refractivity contribution in [1.29, 1.82) is 0 Å². The monoisotopic (exact) mass is 611 g/mol. The van der Waals surface area contributed by atoms with Crippen LogP contribution in [0.5, 0.6) is 5.75 Å². The maximum atomic E-state index is 9.59. The molecule has 0 aliphatic carbocycles. The van der Waals surface area contributed by atoms with Crippen molar-refractivity contribution >= 4 is 50.9 Å². The zero-order valence-corrected chi connectivity index (χ0v) is 27.5. The molecular weight excluding hydrogens is 567 g/mol. The van der Waals surface area contributed by atoms with Crippen molar-refractivity contribution in [3.63, 3.8) is 0 Å². The molecule has 5 aromatic rings. The van der Waals surface area contributed by atoms with Crippen molar-refractivity contribution < 1.29 is 14.2 Å². The van der Waals surface area contributed by atoms with Crippen LogP contribution in [-0.4, -0.2) is 38.2 Å². The molecule has 2 aromatic heterocycles. The summed E-state index contributed by atoms with van der Waals surface area (Å²) in [5.74, 6) is 1.32. The largest absolute Gasteiger partial charge is 0.508 e. The molecule has 1 N–H and O–H groups in total. The van der Waals surface area contributed by atoms with Gasteiger partial charge >= 0.3 is 0 Å². The van der Waals surface area contributed by atoms with Crippen molar-refractivity contribution in [3.8, 4) is 5.75 Å². The van der Waals surface area contributed by atoms with Gasteiger partial charge in [-0.3, -0.25) is 0 Å². The average molecular weight is 612 g/mol. The quantitative estimate of drug-likeness (QED) is 0.0792. The van der Waals surface area contributed by atoms with Gasteiger partial charge in [0.25, 0.3) is 0 Å². The fraction of sp³-hybridized carbons (Fsp3) is 0.400. The maximum Gasteiger partial charge on any atom is 0.244 e. The average Bonchev–Trinajstić information content (AvgIpc) is 3.50. The molecule has 2 heterocycles. The summed E-state index contributed by atoms with van der Waals surface area (Å²) in [6.07, 6.45) is 8.97. The Labute approximate surface area is 265 Å². The molecule has 0 saturated heterocycles. The number of azo groups is 1. The first-order chi connectivity index (χ1) is 21.3. The Kier molecular flexibility index (Phi) is 10.1. The Bertz CT molecular complexity index is 1720. The Morgan fingerprint density at radius 1 is 0.864 bits per heavy atom. The third kappa shape index (κ3) is 7.38. The summed E-state index contributed by atoms with van der Waals surface area (Å²) in [4.78, 5) is 7.40. The second-order valence-corrected chi connectivity index (χ2v) is 13.1. The number of thioether (sulfide) groups is 1. The predicted molar refractivity (Wildman–Crippen MR) is 181 cm³/mol. The highest BCUT2D eigenvalue weighted by Crippen LogP contribution is 2.31. The third-order valence-electron chi connectivity index (χ3n) is 8.62. The molecule has 0 atom stereocenters. The number of nitrogens with zero attached hydrogens (tertiary/aromatic N) is 7. The normalized spacial score (nSPS) is 12.1. The lowest BCUT2D eigenvalue weighted by atomic mass is 10.1. The number of fused-ring (bicyclic) bond motifs is 2. The van der Waals surface area contributed by atoms with E-state index in [1.165, 1.54) is 18.5 Å². The molecule has 0 aliphatic heterocycles. The van der Waals surface area contributed by atoms with Crippen molar-refractivity contribution in [1.82, 2.24) is 9.55 Å². The Morgan fingerprint density at radius 2 is 1.52 bits per heavy atom. The van der Waals surface area contributed by atoms with E-state index in [1.54, 1.807) is 24.3 Å². The second-order valence-electron chi connectivity index (χ2n) is 11.4. The summed E-state index contributed by atoms with van der Waals surface area (Å²) in [5.41, 5.74) is 6.65. The van der Waals surface area contributed by atoms with Gasteiger partial charge < -0.3 is 10.0 Å². The molecule has 0 amide bonds. The van der Waals surface area contributed by atoms with Crippen molar-refractivity contribution in [2.75, 3.05) is 23.7 Å². The number of aromatic nitrogens is 4. The van der Waals surface area contributed by atoms with E-state index in [0.717, 1.165) is 66.2 Å². The molecule has 3 aromatic carbocycles. The van der Waals surface area contributed by atoms with Gasteiger partial charge in [-0.1, -0.05) is 20.8 Å². The molecule has 0 fully saturated rings. The molecule has 0 aliphatic rings. The van der Waals surface area contributed by atoms with Gasteiger partial charge in [-0.05, 0) is 75.2 Å². The van der Waals surface area contributed by atoms with E-state index in [-0.39, 0.29) is 5.75 Å². The minimum Gasteiger partial charge on any atom is -0.508 e. The first-order valence-electron chi connectivity index (χ1n) is 15.8. The Hall–Kier alpha value is -3.98. The summed E-state index contributed by atoms with van der Waals surface area (Å²) in [6.45, 7) is 15.8. The van der Waals surface area contributed by atoms with Crippen LogP contribution in [0.2, 0.25) is 0 Å². The number of hydrogen-bond acceptors (Lipinski definition) is 6. The lowest BCUT2D eigenvalue weighted by Crippen LogP contribution is -2.39. The lowest BCUT2D eigenvalue weighted by molar-refractivity contribution is -0.692. The van der Waals surface area contributed by atoms with Crippen molar-refractivity contribution in [2.24, 2.45) is 10.2 Å². The predicted octanol–water partition coefficient (Wildman–Crippen LogP) is 7.74. The molecule has 0 saturated carbocycles. The molecule has 9 heteroatoms. The van der Waals surface area contributed by atoms with Crippen LogP contribution in [0.1, 0.15) is 47.5 Å². The number of rotatable bonds is 14. The van der Waals surface area contributed by atoms with Gasteiger partial charge in [0.2, 0.25) is 17.4 Å². The van der Waals surface area contributed by atoms with Crippen LogP contribution in [0, 0.1) is 0 Å². The number of phenolic OH excluding ortho intramolecular Hbond substituents is 1. The van der Waals surface area contributed by atoms with Crippen LogP contribution in [0.4, 0.5) is 17.1 Å². The van der Waals surface area contributed by atoms with Gasteiger partial charge in [-0.2, -0.15) is 26.6 Å². The topological polar surface area (TPSA) is 73.8 Å². The van der Waals surface area contributed by atoms with Crippen molar-refractivity contribution in [3.05, 3.63) is 79.4 Å². The smallest absolute Gasteiger partial charge is 0.244 e. The van der Waals surface area contributed by atoms with Gasteiger partial charge in [-0.25, -0.2) is 14.1 Å². The van der Waals surface area contributed by atoms with Gasteiger partial charge in [0.05, 0.1) is 17.9 Å². The molecular formula is C35H45N7OS+2. The molecule has 0 radical (unpaired) electrons. The van der Waals surface area contributed by atoms with Crippen LogP contribution in [0.25, 0.3) is 22.1 Å². The molecule has 230 valence electrons. The highest BCUT2D eigenvalue weighted by molar-refractivity contribution is 8.00. The number of phenols is 1. The first kappa shape index (κ1) is 31.4. The number of hydrogen-bond donors (Lipinski definition) is 1. The molecule has 0 bridgehead atoms. The van der Waals surface area contributed by atoms with E-state index >= 15 is 0 Å². The van der Waals surface area contributed by atoms with E-state index in [2.05, 4.69) is 118 Å². The fourth-order valence-electron chi connectivity index (χ4n) is 5.40. The second kappa shape index (κ2) is 14.2. The Balaban J connectivity index is 1.46. The van der Waals surface area contributed by atoms with E-state index in [4.69, 9.17) is 4.98 Å². The van der Waals surface area contributed by atoms with Gasteiger partial charge in [0, 0.05) is 41.4 Å². The molecule has 44 heavy (non-hydrogen) atoms. The van der Waals surface area contributed by atoms with Crippen LogP contribution in [0.3, 0.4) is 0 Å². The fourth-order valence-corrected chi connectivity index (χ4v) is 6.60. The van der Waals surface area contributed by atoms with Crippen LogP contribution < -0.4 is 14.0 Å². The van der Waals surface area contributed by atoms with Gasteiger partial charge in [0.15, 0.2) is 6.54 Å². The number of imidazole rings is 1. The van der Waals surface area contributed by atoms with Gasteiger partial charge in [-0.15, -0.1) is 0 Å². The van der Waals surface area contributed by atoms with Crippen LogP contribution >= 0.6 is 11.8 Å². The van der Waals surface area contributed by atoms with E-state index < -0.39 is 0 Å². The molecule has 0 unspecified atom stereocenters. The number of anilines is 1. The molecule has 8 nitrogen and oxygen atoms in total. The SMILES string of the molecule is CCN(CC)c1ccc2nc3ccc(N=Nc4ccc(O)cc4)cc3[n+](CCn3cc[n+](CCSC(C)(CC)CC)c3)c2c1. The van der Waals surface area contributed by atoms with E-state index in [0.29, 0.717) is 10.4 Å². The number of benzene rings is 3. The highest BCUT2D eigenvalue weighted by Gasteiger charge is 2.22. The summed E-state index contributed by atoms with van der Waals surface area (Å²) in [6, 6.07) is 19.4. The summed E-state index contributed by atoms with van der Waals surface area (Å²) < 4.78 is 7.30. The third-order valence-corrected chi connectivity index (χ3v) is 10.3. The summed E-state index contributed by atoms with van der Waals surface area (Å²) in [7, 11) is 0. The van der Waals surface area contributed by atoms with E-state index in [9.17, 15) is 5.11 Å². The lowest BCUT2D eigenvalue weighted by Gasteiger charge is -2.25. The standard InChI is InChI=1S/C35H44N7OS/c1-6-35(5,7-2)44-23-22-40-19-18-39(26-40)20-21-42-33-24-28(38-37-27-10-14-30(43)15-11-27)12-16-31(33)36-32-17-13-29(25-34(32)42)41(8-3)9-4/h10-19,24-26H,6-9,20-23H2,1-5H3/q+1/p+1. The molecule has 0 spiro atoms. The first-order valence-corrected chi connectivity index (χ1v) is 16.7. The highest BCUT2D eigenvalue weighted by atomic mass is 32.2. The zero-order valence-electron chi connectivity index (χ0n) is 26.6. The molecule has 5 rings (SSSR count). The maximum absolute atomic E-state index is 9.59. The van der Waals surface area contributed by atoms with Gasteiger partial charge in [0.1, 0.15) is 35.7 Å². The number of aryl methyl sites for hydroxylation is 3.